The number of nitrogens with zero attached hydrogens (tertiary/aromatic N) is 6. The van der Waals surface area contributed by atoms with Crippen LogP contribution in [0.5, 0.6) is 5.75 Å². The molecule has 384 valence electrons. The molecule has 73 heavy (non-hydrogen) atoms. The average Bonchev–Trinajstić information content (AvgIpc) is 4.23. The summed E-state index contributed by atoms with van der Waals surface area (Å²) >= 11 is 1.64. The predicted molar refractivity (Wildman–Crippen MR) is 269 cm³/mol. The fourth-order valence-electron chi connectivity index (χ4n) is 11.7. The van der Waals surface area contributed by atoms with Crippen LogP contribution >= 0.6 is 11.3 Å². The van der Waals surface area contributed by atoms with Gasteiger partial charge in [0.25, 0.3) is 0 Å². The van der Waals surface area contributed by atoms with E-state index < -0.39 is 41.9 Å². The molecule has 4 amide bonds. The third-order valence-electron chi connectivity index (χ3n) is 15.3. The first-order chi connectivity index (χ1) is 35.2. The number of amides is 4. The molecule has 18 nitrogen and oxygen atoms in total. The molecule has 4 aliphatic heterocycles. The number of alkyl carbamates (subject to hydrolysis) is 2. The van der Waals surface area contributed by atoms with Gasteiger partial charge >= 0.3 is 12.2 Å². The number of nitrogens with one attached hydrogen (secondary N) is 4. The molecule has 3 fully saturated rings. The predicted octanol–water partition coefficient (Wildman–Crippen LogP) is 8.75. The number of ether oxygens (including phenoxy) is 4. The quantitative estimate of drug-likeness (QED) is 0.0964. The van der Waals surface area contributed by atoms with E-state index in [-0.39, 0.29) is 35.7 Å². The van der Waals surface area contributed by atoms with Crippen LogP contribution < -0.4 is 15.4 Å². The summed E-state index contributed by atoms with van der Waals surface area (Å²) in [5.74, 6) is 0.429. The number of carbonyl (C=O) groups is 4. The van der Waals surface area contributed by atoms with Gasteiger partial charge in [0.05, 0.1) is 78.2 Å². The Morgan fingerprint density at radius 1 is 0.849 bits per heavy atom. The second-order valence-corrected chi connectivity index (χ2v) is 21.9. The molecule has 0 unspecified atom stereocenters. The Bertz CT molecular complexity index is 3100. The number of halogens is 1. The molecule has 4 N–H and O–H groups in total. The second-order valence-electron chi connectivity index (χ2n) is 20.8. The van der Waals surface area contributed by atoms with Gasteiger partial charge in [-0.25, -0.2) is 28.9 Å². The van der Waals surface area contributed by atoms with E-state index in [0.29, 0.717) is 85.3 Å². The summed E-state index contributed by atoms with van der Waals surface area (Å²) in [5.41, 5.74) is 5.19. The van der Waals surface area contributed by atoms with Crippen molar-refractivity contribution in [2.45, 2.75) is 121 Å². The van der Waals surface area contributed by atoms with E-state index in [1.165, 1.54) is 25.2 Å². The minimum absolute atomic E-state index is 0.131. The molecule has 2 aromatic carbocycles. The maximum Gasteiger partial charge on any atom is 0.407 e. The highest BCUT2D eigenvalue weighted by Gasteiger charge is 2.44. The fourth-order valence-corrected chi connectivity index (χ4v) is 12.9. The lowest BCUT2D eigenvalue weighted by Crippen LogP contribution is -2.54. The van der Waals surface area contributed by atoms with Crippen LogP contribution in [0.1, 0.15) is 118 Å². The Hall–Kier alpha value is -6.80. The highest BCUT2D eigenvalue weighted by Crippen LogP contribution is 2.49. The number of methoxy groups -OCH3 is 2. The van der Waals surface area contributed by atoms with Crippen molar-refractivity contribution in [3.8, 4) is 39.5 Å². The Labute approximate surface area is 425 Å². The zero-order valence-electron chi connectivity index (χ0n) is 41.9. The number of hydrogen-bond donors (Lipinski definition) is 4. The summed E-state index contributed by atoms with van der Waals surface area (Å²) in [4.78, 5) is 79.4. The van der Waals surface area contributed by atoms with Crippen molar-refractivity contribution in [2.24, 2.45) is 11.8 Å². The zero-order chi connectivity index (χ0) is 50.9. The van der Waals surface area contributed by atoms with Crippen LogP contribution in [0.2, 0.25) is 0 Å². The lowest BCUT2D eigenvalue weighted by molar-refractivity contribution is -0.139. The lowest BCUT2D eigenvalue weighted by atomic mass is 9.82. The normalized spacial score (nSPS) is 21.9. The van der Waals surface area contributed by atoms with Gasteiger partial charge in [0.15, 0.2) is 5.01 Å². The zero-order valence-corrected chi connectivity index (χ0v) is 42.7. The van der Waals surface area contributed by atoms with E-state index in [1.807, 2.05) is 61.4 Å². The van der Waals surface area contributed by atoms with E-state index in [4.69, 9.17) is 33.9 Å². The molecule has 0 radical (unpaired) electrons. The van der Waals surface area contributed by atoms with Crippen LogP contribution in [-0.4, -0.2) is 115 Å². The number of aryl methyl sites for hydroxylation is 2. The molecule has 6 atom stereocenters. The number of thiazole rings is 1. The van der Waals surface area contributed by atoms with Crippen LogP contribution in [0.3, 0.4) is 0 Å². The number of fused-ring (bicyclic) bond motifs is 6. The first-order valence-electron chi connectivity index (χ1n) is 25.4. The summed E-state index contributed by atoms with van der Waals surface area (Å²) in [6.07, 6.45) is 8.54. The molecule has 0 spiro atoms. The van der Waals surface area contributed by atoms with E-state index >= 15 is 4.39 Å². The molecular formula is C53H61FN10O8S. The Balaban J connectivity index is 0.895. The van der Waals surface area contributed by atoms with Gasteiger partial charge in [-0.05, 0) is 114 Å². The van der Waals surface area contributed by atoms with Crippen molar-refractivity contribution in [3.05, 3.63) is 81.8 Å². The van der Waals surface area contributed by atoms with Gasteiger partial charge in [0.1, 0.15) is 35.3 Å². The van der Waals surface area contributed by atoms with Gasteiger partial charge in [0.2, 0.25) is 18.0 Å². The SMILES string of the molecule is COC(=O)N[C@H](C(=O)N1CCC[C@H]1c1ncc(-c2cc(F)c3c(c2)O[C@@H](c2nc4c(s2)CCC4)n2c-3cc3cc(-c4cnc([C@@H]5CCCN5C(=O)[C@@H](NC(=O)OC)[C@@H]5CCOC(C)(C)C5)[nH]4)ccc32)[nH]1)C(C)C. The van der Waals surface area contributed by atoms with E-state index in [0.717, 1.165) is 65.0 Å². The molecule has 0 bridgehead atoms. The summed E-state index contributed by atoms with van der Waals surface area (Å²) in [7, 11) is 2.57. The van der Waals surface area contributed by atoms with E-state index in [9.17, 15) is 19.2 Å². The van der Waals surface area contributed by atoms with Gasteiger partial charge in [-0.2, -0.15) is 0 Å². The van der Waals surface area contributed by atoms with Gasteiger partial charge < -0.3 is 49.3 Å². The summed E-state index contributed by atoms with van der Waals surface area (Å²) < 4.78 is 41.6. The van der Waals surface area contributed by atoms with Crippen LogP contribution in [0, 0.1) is 17.7 Å². The molecule has 4 aromatic heterocycles. The number of rotatable bonds is 11. The fraction of sp³-hybridized carbons (Fsp3) is 0.491. The minimum Gasteiger partial charge on any atom is -0.462 e. The minimum atomic E-state index is -0.776. The molecular weight excluding hydrogens is 956 g/mol. The maximum absolute atomic E-state index is 17.0. The highest BCUT2D eigenvalue weighted by atomic mass is 32.1. The molecule has 5 aliphatic rings. The van der Waals surface area contributed by atoms with Crippen LogP contribution in [0.25, 0.3) is 44.7 Å². The van der Waals surface area contributed by atoms with Crippen LogP contribution in [0.15, 0.2) is 48.8 Å². The Morgan fingerprint density at radius 2 is 1.53 bits per heavy atom. The van der Waals surface area contributed by atoms with E-state index in [1.54, 1.807) is 28.6 Å². The lowest BCUT2D eigenvalue weighted by Gasteiger charge is -2.40. The maximum atomic E-state index is 17.0. The van der Waals surface area contributed by atoms with Crippen molar-refractivity contribution >= 4 is 46.2 Å². The number of H-pyrrole nitrogens is 2. The molecule has 1 aliphatic carbocycles. The van der Waals surface area contributed by atoms with Gasteiger partial charge in [-0.3, -0.25) is 14.2 Å². The molecule has 8 heterocycles. The molecule has 6 aromatic rings. The number of aromatic amines is 2. The number of carbonyl (C=O) groups excluding carboxylic acids is 4. The Morgan fingerprint density at radius 3 is 2.21 bits per heavy atom. The summed E-state index contributed by atoms with van der Waals surface area (Å²) in [6.45, 7) is 9.27. The number of imidazole rings is 2. The Kier molecular flexibility index (Phi) is 12.8. The first kappa shape index (κ1) is 48.5. The highest BCUT2D eigenvalue weighted by molar-refractivity contribution is 7.11. The van der Waals surface area contributed by atoms with Gasteiger partial charge in [-0.15, -0.1) is 11.3 Å². The van der Waals surface area contributed by atoms with Crippen LogP contribution in [0.4, 0.5) is 14.0 Å². The monoisotopic (exact) mass is 1020 g/mol. The first-order valence-corrected chi connectivity index (χ1v) is 26.2. The number of likely N-dealkylation sites (tertiary alicyclic amines) is 2. The van der Waals surface area contributed by atoms with Crippen molar-refractivity contribution in [1.29, 1.82) is 0 Å². The molecule has 0 saturated carbocycles. The number of aromatic nitrogens is 6. The molecule has 11 rings (SSSR count). The average molecular weight is 1020 g/mol. The largest absolute Gasteiger partial charge is 0.462 e. The third-order valence-corrected chi connectivity index (χ3v) is 16.5. The number of hydrogen-bond acceptors (Lipinski definition) is 12. The van der Waals surface area contributed by atoms with E-state index in [2.05, 4.69) is 26.7 Å². The van der Waals surface area contributed by atoms with Crippen molar-refractivity contribution < 1.29 is 42.5 Å². The molecule has 20 heteroatoms. The molecule has 3 saturated heterocycles. The second kappa shape index (κ2) is 19.2. The van der Waals surface area contributed by atoms with Gasteiger partial charge in [-0.1, -0.05) is 19.9 Å². The van der Waals surface area contributed by atoms with Crippen molar-refractivity contribution in [1.82, 2.24) is 49.9 Å². The van der Waals surface area contributed by atoms with Crippen molar-refractivity contribution in [3.63, 3.8) is 0 Å². The smallest absolute Gasteiger partial charge is 0.407 e. The third kappa shape index (κ3) is 8.99. The van der Waals surface area contributed by atoms with Crippen molar-refractivity contribution in [2.75, 3.05) is 33.9 Å². The van der Waals surface area contributed by atoms with Gasteiger partial charge in [0, 0.05) is 41.1 Å². The number of benzene rings is 2. The van der Waals surface area contributed by atoms with Crippen LogP contribution in [-0.2, 0) is 36.6 Å². The summed E-state index contributed by atoms with van der Waals surface area (Å²) in [6, 6.07) is 9.17. The summed E-state index contributed by atoms with van der Waals surface area (Å²) in [5, 5.41) is 7.20. The standard InChI is InChI=1S/C53H61FN10O8S/c1-27(2)43(60-51(67)69-5)48(65)62-17-8-11-37(62)46-56-26-35(58-46)30-21-32(54)42-39-22-31-20-28(14-15-36(31)64(39)50(72-40(42)23-30)47-59-33-10-7-13-41(33)73-47)34-25-55-45(57-34)38-12-9-18-63(38)49(66)44(61-52(68)70-6)29-16-19-71-53(3,4)24-29/h14-15,20-23,25-27,29,37-38,43-44,50H,7-13,16-19,24H2,1-6H3,(H,55,57)(H,56,58)(H,60,67)(H,61,68)/t29-,37+,38+,43+,44+,50+/m1/s1. The topological polar surface area (TPSA) is 211 Å².